The fourth-order valence-corrected chi connectivity index (χ4v) is 5.07. The average Bonchev–Trinajstić information content (AvgIpc) is 3.33. The zero-order valence-corrected chi connectivity index (χ0v) is 20.1. The largest absolute Gasteiger partial charge is 0.364 e. The lowest BCUT2D eigenvalue weighted by atomic mass is 10.1. The zero-order valence-electron chi connectivity index (χ0n) is 19.3. The quantitative estimate of drug-likeness (QED) is 0.444. The summed E-state index contributed by atoms with van der Waals surface area (Å²) < 4.78 is 15.5. The predicted octanol–water partition coefficient (Wildman–Crippen LogP) is 5.13. The molecule has 0 bridgehead atoms. The molecule has 1 fully saturated rings. The Morgan fingerprint density at radius 3 is 2.45 bits per heavy atom. The third kappa shape index (κ3) is 4.86. The van der Waals surface area contributed by atoms with E-state index in [9.17, 15) is 4.39 Å². The van der Waals surface area contributed by atoms with Crippen LogP contribution in [0.4, 0.5) is 15.3 Å². The summed E-state index contributed by atoms with van der Waals surface area (Å²) in [6, 6.07) is 17.1. The topological polar surface area (TPSA) is 48.7 Å². The second-order valence-electron chi connectivity index (χ2n) is 9.52. The minimum Gasteiger partial charge on any atom is -0.364 e. The van der Waals surface area contributed by atoms with E-state index >= 15 is 0 Å². The second kappa shape index (κ2) is 8.76. The predicted molar refractivity (Wildman–Crippen MR) is 134 cm³/mol. The lowest BCUT2D eigenvalue weighted by Crippen LogP contribution is -2.46. The van der Waals surface area contributed by atoms with Gasteiger partial charge in [-0.15, -0.1) is 5.10 Å². The molecule has 5 rings (SSSR count). The Labute approximate surface area is 197 Å². The average molecular weight is 465 g/mol. The van der Waals surface area contributed by atoms with E-state index in [1.165, 1.54) is 6.07 Å². The Bertz CT molecular complexity index is 1240. The van der Waals surface area contributed by atoms with E-state index in [1.807, 2.05) is 28.8 Å². The molecule has 2 aromatic carbocycles. The molecule has 33 heavy (non-hydrogen) atoms. The van der Waals surface area contributed by atoms with Crippen LogP contribution in [-0.2, 0) is 6.54 Å². The van der Waals surface area contributed by atoms with Gasteiger partial charge in [0.25, 0.3) is 0 Å². The molecule has 0 aliphatic carbocycles. The molecule has 0 spiro atoms. The highest BCUT2D eigenvalue weighted by atomic mass is 32.1. The first-order valence-corrected chi connectivity index (χ1v) is 12.1. The first-order valence-electron chi connectivity index (χ1n) is 11.3. The molecule has 3 heterocycles. The normalized spacial score (nSPS) is 15.3. The number of rotatable bonds is 5. The van der Waals surface area contributed by atoms with Crippen molar-refractivity contribution < 1.29 is 4.39 Å². The van der Waals surface area contributed by atoms with E-state index in [0.717, 1.165) is 65.5 Å². The van der Waals surface area contributed by atoms with Crippen LogP contribution in [0.25, 0.3) is 16.2 Å². The number of piperazine rings is 1. The summed E-state index contributed by atoms with van der Waals surface area (Å²) in [4.78, 5) is 10.5. The standard InChI is InChI=1S/C25H29FN6S/c1-25(2,3)28-22-21(19-9-5-4-6-10-19)27-23-32(22)29-24(33-23)31-14-12-30(13-15-31)17-18-8-7-11-20(26)16-18/h4-11,16,28H,12-15,17H2,1-3H3. The zero-order chi connectivity index (χ0) is 23.0. The van der Waals surface area contributed by atoms with Crippen molar-refractivity contribution >= 4 is 27.2 Å². The number of nitrogens with one attached hydrogen (secondary N) is 1. The molecular formula is C25H29FN6S. The van der Waals surface area contributed by atoms with Crippen LogP contribution < -0.4 is 10.2 Å². The Morgan fingerprint density at radius 1 is 1.00 bits per heavy atom. The molecule has 0 radical (unpaired) electrons. The minimum atomic E-state index is -0.174. The van der Waals surface area contributed by atoms with Crippen LogP contribution in [-0.4, -0.2) is 51.2 Å². The smallest absolute Gasteiger partial charge is 0.216 e. The first-order chi connectivity index (χ1) is 15.9. The fraction of sp³-hybridized carbons (Fsp3) is 0.360. The van der Waals surface area contributed by atoms with Gasteiger partial charge in [-0.25, -0.2) is 9.37 Å². The van der Waals surface area contributed by atoms with Gasteiger partial charge in [-0.3, -0.25) is 4.90 Å². The van der Waals surface area contributed by atoms with Crippen molar-refractivity contribution in [3.8, 4) is 11.3 Å². The third-order valence-electron chi connectivity index (χ3n) is 5.67. The second-order valence-corrected chi connectivity index (χ2v) is 10.5. The van der Waals surface area contributed by atoms with Crippen molar-refractivity contribution in [2.75, 3.05) is 36.4 Å². The number of hydrogen-bond acceptors (Lipinski definition) is 6. The molecule has 4 aromatic rings. The summed E-state index contributed by atoms with van der Waals surface area (Å²) in [5.41, 5.74) is 2.90. The van der Waals surface area contributed by atoms with Crippen molar-refractivity contribution in [3.05, 3.63) is 66.0 Å². The maximum Gasteiger partial charge on any atom is 0.216 e. The van der Waals surface area contributed by atoms with Crippen LogP contribution in [0.3, 0.4) is 0 Å². The summed E-state index contributed by atoms with van der Waals surface area (Å²) in [7, 11) is 0. The number of benzene rings is 2. The molecule has 0 atom stereocenters. The van der Waals surface area contributed by atoms with E-state index in [1.54, 1.807) is 23.5 Å². The van der Waals surface area contributed by atoms with Gasteiger partial charge in [0.1, 0.15) is 11.5 Å². The van der Waals surface area contributed by atoms with Gasteiger partial charge in [0, 0.05) is 43.8 Å². The Balaban J connectivity index is 1.35. The van der Waals surface area contributed by atoms with E-state index < -0.39 is 0 Å². The van der Waals surface area contributed by atoms with Gasteiger partial charge >= 0.3 is 0 Å². The molecule has 172 valence electrons. The van der Waals surface area contributed by atoms with Gasteiger partial charge in [-0.1, -0.05) is 53.8 Å². The van der Waals surface area contributed by atoms with Crippen molar-refractivity contribution in [3.63, 3.8) is 0 Å². The monoisotopic (exact) mass is 464 g/mol. The summed E-state index contributed by atoms with van der Waals surface area (Å²) in [6.45, 7) is 10.8. The third-order valence-corrected chi connectivity index (χ3v) is 6.64. The maximum absolute atomic E-state index is 13.5. The van der Waals surface area contributed by atoms with Crippen LogP contribution in [0.2, 0.25) is 0 Å². The van der Waals surface area contributed by atoms with Crippen molar-refractivity contribution in [1.29, 1.82) is 0 Å². The van der Waals surface area contributed by atoms with Gasteiger partial charge in [-0.2, -0.15) is 4.52 Å². The molecule has 6 nitrogen and oxygen atoms in total. The van der Waals surface area contributed by atoms with Crippen LogP contribution >= 0.6 is 11.3 Å². The number of anilines is 2. The molecule has 1 N–H and O–H groups in total. The molecule has 1 aliphatic rings. The van der Waals surface area contributed by atoms with E-state index in [4.69, 9.17) is 10.1 Å². The lowest BCUT2D eigenvalue weighted by molar-refractivity contribution is 0.249. The number of hydrogen-bond donors (Lipinski definition) is 1. The van der Waals surface area contributed by atoms with Gasteiger partial charge in [0.15, 0.2) is 5.82 Å². The summed E-state index contributed by atoms with van der Waals surface area (Å²) in [6.07, 6.45) is 0. The Hall–Kier alpha value is -2.97. The van der Waals surface area contributed by atoms with Crippen LogP contribution in [0.5, 0.6) is 0 Å². The van der Waals surface area contributed by atoms with E-state index in [-0.39, 0.29) is 11.4 Å². The fourth-order valence-electron chi connectivity index (χ4n) is 4.12. The molecule has 1 saturated heterocycles. The Morgan fingerprint density at radius 2 is 1.76 bits per heavy atom. The van der Waals surface area contributed by atoms with Crippen LogP contribution in [0, 0.1) is 5.82 Å². The Kier molecular flexibility index (Phi) is 5.80. The lowest BCUT2D eigenvalue weighted by Gasteiger charge is -2.34. The molecule has 2 aromatic heterocycles. The summed E-state index contributed by atoms with van der Waals surface area (Å²) in [5, 5.41) is 9.55. The number of aromatic nitrogens is 3. The number of nitrogens with zero attached hydrogens (tertiary/aromatic N) is 5. The molecule has 0 unspecified atom stereocenters. The SMILES string of the molecule is CC(C)(C)Nc1c(-c2ccccc2)nc2sc(N3CCN(Cc4cccc(F)c4)CC3)nn12. The number of halogens is 1. The molecular weight excluding hydrogens is 435 g/mol. The van der Waals surface area contributed by atoms with Crippen molar-refractivity contribution in [2.45, 2.75) is 32.9 Å². The van der Waals surface area contributed by atoms with Crippen molar-refractivity contribution in [2.24, 2.45) is 0 Å². The van der Waals surface area contributed by atoms with E-state index in [2.05, 4.69) is 48.0 Å². The van der Waals surface area contributed by atoms with E-state index in [0.29, 0.717) is 0 Å². The summed E-state index contributed by atoms with van der Waals surface area (Å²) >= 11 is 1.63. The number of fused-ring (bicyclic) bond motifs is 1. The molecule has 8 heteroatoms. The van der Waals surface area contributed by atoms with Gasteiger partial charge in [0.05, 0.1) is 0 Å². The van der Waals surface area contributed by atoms with Crippen molar-refractivity contribution in [1.82, 2.24) is 19.5 Å². The maximum atomic E-state index is 13.5. The van der Waals surface area contributed by atoms with Gasteiger partial charge in [0.2, 0.25) is 10.1 Å². The molecule has 0 saturated carbocycles. The molecule has 1 aliphatic heterocycles. The minimum absolute atomic E-state index is 0.119. The summed E-state index contributed by atoms with van der Waals surface area (Å²) in [5.74, 6) is 0.753. The van der Waals surface area contributed by atoms with Gasteiger partial charge in [-0.05, 0) is 38.5 Å². The first kappa shape index (κ1) is 21.9. The highest BCUT2D eigenvalue weighted by Crippen LogP contribution is 2.35. The van der Waals surface area contributed by atoms with Crippen LogP contribution in [0.1, 0.15) is 26.3 Å². The highest BCUT2D eigenvalue weighted by Gasteiger charge is 2.25. The molecule has 0 amide bonds. The highest BCUT2D eigenvalue weighted by molar-refractivity contribution is 7.20. The number of imidazole rings is 1. The van der Waals surface area contributed by atoms with Gasteiger partial charge < -0.3 is 10.2 Å². The van der Waals surface area contributed by atoms with Crippen LogP contribution in [0.15, 0.2) is 54.6 Å².